The van der Waals surface area contributed by atoms with Crippen LogP contribution in [0.5, 0.6) is 0 Å². The molecule has 0 aliphatic carbocycles. The van der Waals surface area contributed by atoms with Gasteiger partial charge in [0.1, 0.15) is 0 Å². The van der Waals surface area contributed by atoms with Gasteiger partial charge < -0.3 is 5.32 Å². The third-order valence-electron chi connectivity index (χ3n) is 3.86. The van der Waals surface area contributed by atoms with E-state index >= 15 is 0 Å². The Labute approximate surface area is 144 Å². The normalized spacial score (nSPS) is 13.6. The first kappa shape index (κ1) is 19.4. The molecule has 0 fully saturated rings. The summed E-state index contributed by atoms with van der Waals surface area (Å²) in [6.07, 6.45) is 5.61. The Morgan fingerprint density at radius 1 is 1.18 bits per heavy atom. The van der Waals surface area contributed by atoms with Crippen LogP contribution in [0.3, 0.4) is 0 Å². The number of benzene rings is 1. The fourth-order valence-corrected chi connectivity index (χ4v) is 3.41. The van der Waals surface area contributed by atoms with Crippen molar-refractivity contribution in [3.8, 4) is 0 Å². The lowest BCUT2D eigenvalue weighted by Gasteiger charge is -2.19. The average Bonchev–Trinajstić information content (AvgIpc) is 2.54. The summed E-state index contributed by atoms with van der Waals surface area (Å²) in [6, 6.07) is 7.68. The van der Waals surface area contributed by atoms with E-state index in [4.69, 9.17) is 11.6 Å². The van der Waals surface area contributed by atoms with Crippen LogP contribution in [-0.2, 0) is 4.79 Å². The van der Waals surface area contributed by atoms with E-state index in [1.165, 1.54) is 19.3 Å². The zero-order chi connectivity index (χ0) is 16.4. The highest BCUT2D eigenvalue weighted by Gasteiger charge is 2.18. The van der Waals surface area contributed by atoms with Crippen LogP contribution in [0.4, 0.5) is 0 Å². The van der Waals surface area contributed by atoms with E-state index in [-0.39, 0.29) is 11.2 Å². The Bertz CT molecular complexity index is 435. The van der Waals surface area contributed by atoms with Gasteiger partial charge in [-0.05, 0) is 43.0 Å². The van der Waals surface area contributed by atoms with Crippen molar-refractivity contribution in [3.05, 3.63) is 29.3 Å². The summed E-state index contributed by atoms with van der Waals surface area (Å²) in [5.74, 6) is 0.749. The van der Waals surface area contributed by atoms with E-state index in [0.717, 1.165) is 29.3 Å². The van der Waals surface area contributed by atoms with Crippen LogP contribution in [0, 0.1) is 5.92 Å². The van der Waals surface area contributed by atoms with Gasteiger partial charge in [0.2, 0.25) is 5.91 Å². The number of thioether (sulfide) groups is 1. The molecule has 0 radical (unpaired) electrons. The Kier molecular flexibility index (Phi) is 9.65. The summed E-state index contributed by atoms with van der Waals surface area (Å²) in [4.78, 5) is 13.5. The third kappa shape index (κ3) is 7.06. The molecular weight excluding hydrogens is 314 g/mol. The second kappa shape index (κ2) is 11.0. The van der Waals surface area contributed by atoms with Gasteiger partial charge in [-0.1, -0.05) is 51.6 Å². The number of rotatable bonds is 10. The predicted octanol–water partition coefficient (Wildman–Crippen LogP) is 5.54. The van der Waals surface area contributed by atoms with Crippen molar-refractivity contribution in [2.75, 3.05) is 6.54 Å². The van der Waals surface area contributed by atoms with Crippen LogP contribution in [0.1, 0.15) is 52.9 Å². The van der Waals surface area contributed by atoms with Gasteiger partial charge in [-0.3, -0.25) is 4.79 Å². The molecule has 2 nitrogen and oxygen atoms in total. The SMILES string of the molecule is CCCC[C@H](CC)CNC(=O)[C@@H](CC)Sc1ccc(Cl)cc1. The smallest absolute Gasteiger partial charge is 0.233 e. The summed E-state index contributed by atoms with van der Waals surface area (Å²) in [7, 11) is 0. The maximum atomic E-state index is 12.4. The lowest BCUT2D eigenvalue weighted by atomic mass is 9.99. The maximum Gasteiger partial charge on any atom is 0.233 e. The third-order valence-corrected chi connectivity index (χ3v) is 5.49. The molecule has 124 valence electrons. The number of nitrogens with one attached hydrogen (secondary N) is 1. The van der Waals surface area contributed by atoms with Gasteiger partial charge in [-0.2, -0.15) is 0 Å². The summed E-state index contributed by atoms with van der Waals surface area (Å²) in [5, 5.41) is 3.83. The van der Waals surface area contributed by atoms with Crippen molar-refractivity contribution in [1.29, 1.82) is 0 Å². The van der Waals surface area contributed by atoms with Gasteiger partial charge in [-0.15, -0.1) is 11.8 Å². The zero-order valence-electron chi connectivity index (χ0n) is 13.9. The van der Waals surface area contributed by atoms with Crippen molar-refractivity contribution in [1.82, 2.24) is 5.32 Å². The molecule has 0 bridgehead atoms. The molecule has 0 aliphatic rings. The summed E-state index contributed by atoms with van der Waals surface area (Å²) in [5.41, 5.74) is 0. The molecule has 0 saturated carbocycles. The molecule has 1 aromatic rings. The minimum atomic E-state index is -0.0372. The number of halogens is 1. The van der Waals surface area contributed by atoms with E-state index in [1.54, 1.807) is 11.8 Å². The van der Waals surface area contributed by atoms with E-state index in [2.05, 4.69) is 26.1 Å². The standard InChI is InChI=1S/C18H28ClNOS/c1-4-7-8-14(5-2)13-20-18(21)17(6-3)22-16-11-9-15(19)10-12-16/h9-12,14,17H,4-8,13H2,1-3H3,(H,20,21)/t14-,17+/m0/s1. The van der Waals surface area contributed by atoms with Crippen LogP contribution in [0.25, 0.3) is 0 Å². The Morgan fingerprint density at radius 3 is 2.41 bits per heavy atom. The fourth-order valence-electron chi connectivity index (χ4n) is 2.30. The molecule has 0 spiro atoms. The largest absolute Gasteiger partial charge is 0.355 e. The monoisotopic (exact) mass is 341 g/mol. The zero-order valence-corrected chi connectivity index (χ0v) is 15.5. The molecule has 0 aromatic heterocycles. The van der Waals surface area contributed by atoms with Crippen LogP contribution >= 0.6 is 23.4 Å². The highest BCUT2D eigenvalue weighted by Crippen LogP contribution is 2.26. The highest BCUT2D eigenvalue weighted by molar-refractivity contribution is 8.00. The second-order valence-electron chi connectivity index (χ2n) is 5.63. The van der Waals surface area contributed by atoms with Crippen LogP contribution in [0.15, 0.2) is 29.2 Å². The van der Waals surface area contributed by atoms with E-state index in [1.807, 2.05) is 24.3 Å². The first-order chi connectivity index (χ1) is 10.6. The quantitative estimate of drug-likeness (QED) is 0.566. The maximum absolute atomic E-state index is 12.4. The molecule has 1 N–H and O–H groups in total. The number of hydrogen-bond acceptors (Lipinski definition) is 2. The van der Waals surface area contributed by atoms with Crippen LogP contribution in [-0.4, -0.2) is 17.7 Å². The van der Waals surface area contributed by atoms with Crippen molar-refractivity contribution in [3.63, 3.8) is 0 Å². The molecular formula is C18H28ClNOS. The van der Waals surface area contributed by atoms with Crippen LogP contribution in [0.2, 0.25) is 5.02 Å². The highest BCUT2D eigenvalue weighted by atomic mass is 35.5. The molecule has 1 rings (SSSR count). The van der Waals surface area contributed by atoms with Gasteiger partial charge in [0, 0.05) is 16.5 Å². The van der Waals surface area contributed by atoms with Crippen molar-refractivity contribution in [2.24, 2.45) is 5.92 Å². The summed E-state index contributed by atoms with van der Waals surface area (Å²) in [6.45, 7) is 7.27. The number of carbonyl (C=O) groups excluding carboxylic acids is 1. The fraction of sp³-hybridized carbons (Fsp3) is 0.611. The molecule has 0 saturated heterocycles. The van der Waals surface area contributed by atoms with E-state index in [0.29, 0.717) is 5.92 Å². The molecule has 0 aliphatic heterocycles. The Morgan fingerprint density at radius 2 is 1.86 bits per heavy atom. The second-order valence-corrected chi connectivity index (χ2v) is 7.34. The minimum absolute atomic E-state index is 0.0372. The van der Waals surface area contributed by atoms with Gasteiger partial charge in [0.15, 0.2) is 0 Å². The molecule has 2 atom stereocenters. The van der Waals surface area contributed by atoms with Crippen LogP contribution < -0.4 is 5.32 Å². The lowest BCUT2D eigenvalue weighted by Crippen LogP contribution is -2.35. The predicted molar refractivity (Wildman–Crippen MR) is 97.7 cm³/mol. The molecule has 22 heavy (non-hydrogen) atoms. The number of carbonyl (C=O) groups is 1. The minimum Gasteiger partial charge on any atom is -0.355 e. The molecule has 1 aromatic carbocycles. The number of hydrogen-bond donors (Lipinski definition) is 1. The van der Waals surface area contributed by atoms with E-state index < -0.39 is 0 Å². The molecule has 0 unspecified atom stereocenters. The Hall–Kier alpha value is -0.670. The van der Waals surface area contributed by atoms with Crippen molar-refractivity contribution in [2.45, 2.75) is 63.0 Å². The topological polar surface area (TPSA) is 29.1 Å². The average molecular weight is 342 g/mol. The molecule has 0 heterocycles. The van der Waals surface area contributed by atoms with Gasteiger partial charge in [-0.25, -0.2) is 0 Å². The Balaban J connectivity index is 2.48. The molecule has 1 amide bonds. The van der Waals surface area contributed by atoms with Gasteiger partial charge >= 0.3 is 0 Å². The van der Waals surface area contributed by atoms with Crippen molar-refractivity contribution < 1.29 is 4.79 Å². The number of amides is 1. The van der Waals surface area contributed by atoms with Gasteiger partial charge in [0.25, 0.3) is 0 Å². The molecule has 4 heteroatoms. The first-order valence-corrected chi connectivity index (χ1v) is 9.56. The first-order valence-electron chi connectivity index (χ1n) is 8.30. The number of unbranched alkanes of at least 4 members (excludes halogenated alkanes) is 1. The summed E-state index contributed by atoms with van der Waals surface area (Å²) < 4.78 is 0. The van der Waals surface area contributed by atoms with Gasteiger partial charge in [0.05, 0.1) is 5.25 Å². The summed E-state index contributed by atoms with van der Waals surface area (Å²) >= 11 is 7.51. The van der Waals surface area contributed by atoms with E-state index in [9.17, 15) is 4.79 Å². The lowest BCUT2D eigenvalue weighted by molar-refractivity contribution is -0.120. The van der Waals surface area contributed by atoms with Crippen molar-refractivity contribution >= 4 is 29.3 Å².